The summed E-state index contributed by atoms with van der Waals surface area (Å²) in [5, 5.41) is 3.32. The van der Waals surface area contributed by atoms with Crippen LogP contribution in [-0.4, -0.2) is 28.1 Å². The van der Waals surface area contributed by atoms with Gasteiger partial charge in [0.1, 0.15) is 0 Å². The first kappa shape index (κ1) is 15.0. The Morgan fingerprint density at radius 1 is 1.19 bits per heavy atom. The SMILES string of the molecule is CC1(CNS(=O)(=O)c2ccc3c(c2)CCC3)CCNCC1. The predicted octanol–water partition coefficient (Wildman–Crippen LogP) is 1.84. The minimum atomic E-state index is -3.39. The molecular weight excluding hydrogens is 284 g/mol. The maximum atomic E-state index is 12.5. The lowest BCUT2D eigenvalue weighted by Gasteiger charge is -2.34. The molecule has 21 heavy (non-hydrogen) atoms. The molecule has 0 atom stereocenters. The van der Waals surface area contributed by atoms with Gasteiger partial charge < -0.3 is 5.32 Å². The third kappa shape index (κ3) is 3.30. The van der Waals surface area contributed by atoms with Crippen LogP contribution in [0.15, 0.2) is 23.1 Å². The minimum Gasteiger partial charge on any atom is -0.317 e. The average Bonchev–Trinajstić information content (AvgIpc) is 2.94. The number of piperidine rings is 1. The van der Waals surface area contributed by atoms with E-state index in [0.717, 1.165) is 45.2 Å². The molecule has 4 nitrogen and oxygen atoms in total. The summed E-state index contributed by atoms with van der Waals surface area (Å²) in [5.41, 5.74) is 2.57. The molecule has 0 aromatic heterocycles. The molecule has 2 aliphatic rings. The van der Waals surface area contributed by atoms with E-state index >= 15 is 0 Å². The number of hydrogen-bond acceptors (Lipinski definition) is 3. The summed E-state index contributed by atoms with van der Waals surface area (Å²) in [6, 6.07) is 5.58. The van der Waals surface area contributed by atoms with E-state index in [1.165, 1.54) is 11.1 Å². The summed E-state index contributed by atoms with van der Waals surface area (Å²) in [6.07, 6.45) is 5.24. The molecule has 5 heteroatoms. The zero-order valence-electron chi connectivity index (χ0n) is 12.6. The minimum absolute atomic E-state index is 0.0645. The fourth-order valence-corrected chi connectivity index (χ4v) is 4.52. The summed E-state index contributed by atoms with van der Waals surface area (Å²) >= 11 is 0. The Morgan fingerprint density at radius 3 is 2.67 bits per heavy atom. The first-order valence-electron chi connectivity index (χ1n) is 7.81. The van der Waals surface area contributed by atoms with Gasteiger partial charge in [-0.1, -0.05) is 13.0 Å². The van der Waals surface area contributed by atoms with E-state index in [0.29, 0.717) is 11.4 Å². The molecule has 1 saturated heterocycles. The number of benzene rings is 1. The lowest BCUT2D eigenvalue weighted by molar-refractivity contribution is 0.232. The molecule has 1 aromatic carbocycles. The second kappa shape index (κ2) is 5.71. The molecular formula is C16H24N2O2S. The van der Waals surface area contributed by atoms with Gasteiger partial charge in [-0.05, 0) is 73.9 Å². The van der Waals surface area contributed by atoms with Crippen molar-refractivity contribution >= 4 is 10.0 Å². The Bertz CT molecular complexity index is 619. The van der Waals surface area contributed by atoms with Crippen LogP contribution in [0.1, 0.15) is 37.3 Å². The second-order valence-electron chi connectivity index (χ2n) is 6.67. The van der Waals surface area contributed by atoms with Crippen LogP contribution in [0, 0.1) is 5.41 Å². The predicted molar refractivity (Wildman–Crippen MR) is 83.9 cm³/mol. The van der Waals surface area contributed by atoms with E-state index in [2.05, 4.69) is 17.0 Å². The van der Waals surface area contributed by atoms with E-state index in [1.54, 1.807) is 6.07 Å². The van der Waals surface area contributed by atoms with Gasteiger partial charge in [0.25, 0.3) is 0 Å². The number of aryl methyl sites for hydroxylation is 2. The summed E-state index contributed by atoms with van der Waals surface area (Å²) in [5.74, 6) is 0. The van der Waals surface area contributed by atoms with Gasteiger partial charge in [0.05, 0.1) is 4.90 Å². The van der Waals surface area contributed by atoms with Gasteiger partial charge in [0.15, 0.2) is 0 Å². The number of nitrogens with one attached hydrogen (secondary N) is 2. The zero-order chi connectivity index (χ0) is 14.9. The van der Waals surface area contributed by atoms with E-state index in [1.807, 2.05) is 12.1 Å². The molecule has 0 radical (unpaired) electrons. The van der Waals surface area contributed by atoms with Crippen LogP contribution >= 0.6 is 0 Å². The number of sulfonamides is 1. The molecule has 1 heterocycles. The van der Waals surface area contributed by atoms with Gasteiger partial charge in [-0.15, -0.1) is 0 Å². The summed E-state index contributed by atoms with van der Waals surface area (Å²) < 4.78 is 27.8. The Kier molecular flexibility index (Phi) is 4.08. The molecule has 1 fully saturated rings. The summed E-state index contributed by atoms with van der Waals surface area (Å²) in [4.78, 5) is 0.417. The van der Waals surface area contributed by atoms with Crippen LogP contribution < -0.4 is 10.0 Å². The molecule has 0 amide bonds. The Balaban J connectivity index is 1.72. The normalized spacial score (nSPS) is 21.2. The largest absolute Gasteiger partial charge is 0.317 e. The van der Waals surface area contributed by atoms with E-state index in [9.17, 15) is 8.42 Å². The Hall–Kier alpha value is -0.910. The molecule has 2 N–H and O–H groups in total. The van der Waals surface area contributed by atoms with Crippen LogP contribution in [0.4, 0.5) is 0 Å². The molecule has 0 bridgehead atoms. The topological polar surface area (TPSA) is 58.2 Å². The van der Waals surface area contributed by atoms with Crippen LogP contribution in [0.2, 0.25) is 0 Å². The van der Waals surface area contributed by atoms with Crippen molar-refractivity contribution in [2.24, 2.45) is 5.41 Å². The highest BCUT2D eigenvalue weighted by atomic mass is 32.2. The molecule has 0 unspecified atom stereocenters. The van der Waals surface area contributed by atoms with Crippen molar-refractivity contribution in [2.75, 3.05) is 19.6 Å². The lowest BCUT2D eigenvalue weighted by Crippen LogP contribution is -2.42. The van der Waals surface area contributed by atoms with Crippen molar-refractivity contribution in [1.82, 2.24) is 10.0 Å². The van der Waals surface area contributed by atoms with Crippen LogP contribution in [0.5, 0.6) is 0 Å². The fourth-order valence-electron chi connectivity index (χ4n) is 3.28. The third-order valence-corrected chi connectivity index (χ3v) is 6.28. The molecule has 1 aromatic rings. The van der Waals surface area contributed by atoms with Gasteiger partial charge in [-0.2, -0.15) is 0 Å². The number of fused-ring (bicyclic) bond motifs is 1. The first-order chi connectivity index (χ1) is 9.99. The molecule has 1 aliphatic heterocycles. The Morgan fingerprint density at radius 2 is 1.90 bits per heavy atom. The third-order valence-electron chi connectivity index (χ3n) is 4.88. The van der Waals surface area contributed by atoms with E-state index in [4.69, 9.17) is 0 Å². The molecule has 0 saturated carbocycles. The smallest absolute Gasteiger partial charge is 0.240 e. The standard InChI is InChI=1S/C16H24N2O2S/c1-16(7-9-17-10-8-16)12-18-21(19,20)15-6-5-13-3-2-4-14(13)11-15/h5-6,11,17-18H,2-4,7-10,12H2,1H3. The van der Waals surface area contributed by atoms with Crippen molar-refractivity contribution in [2.45, 2.75) is 43.9 Å². The van der Waals surface area contributed by atoms with Crippen LogP contribution in [0.25, 0.3) is 0 Å². The van der Waals surface area contributed by atoms with Crippen molar-refractivity contribution in [3.05, 3.63) is 29.3 Å². The van der Waals surface area contributed by atoms with Crippen LogP contribution in [-0.2, 0) is 22.9 Å². The van der Waals surface area contributed by atoms with Crippen molar-refractivity contribution in [3.8, 4) is 0 Å². The monoisotopic (exact) mass is 308 g/mol. The molecule has 0 spiro atoms. The maximum absolute atomic E-state index is 12.5. The molecule has 1 aliphatic carbocycles. The van der Waals surface area contributed by atoms with Gasteiger partial charge in [-0.3, -0.25) is 0 Å². The van der Waals surface area contributed by atoms with Crippen LogP contribution in [0.3, 0.4) is 0 Å². The Labute approximate surface area is 127 Å². The first-order valence-corrected chi connectivity index (χ1v) is 9.29. The molecule has 3 rings (SSSR count). The zero-order valence-corrected chi connectivity index (χ0v) is 13.4. The highest BCUT2D eigenvalue weighted by Crippen LogP contribution is 2.28. The fraction of sp³-hybridized carbons (Fsp3) is 0.625. The quantitative estimate of drug-likeness (QED) is 0.892. The van der Waals surface area contributed by atoms with Crippen molar-refractivity contribution < 1.29 is 8.42 Å². The maximum Gasteiger partial charge on any atom is 0.240 e. The van der Waals surface area contributed by atoms with E-state index < -0.39 is 10.0 Å². The van der Waals surface area contributed by atoms with Gasteiger partial charge >= 0.3 is 0 Å². The summed E-state index contributed by atoms with van der Waals surface area (Å²) in [7, 11) is -3.39. The van der Waals surface area contributed by atoms with Crippen molar-refractivity contribution in [1.29, 1.82) is 0 Å². The van der Waals surface area contributed by atoms with E-state index in [-0.39, 0.29) is 5.41 Å². The lowest BCUT2D eigenvalue weighted by atomic mass is 9.81. The highest BCUT2D eigenvalue weighted by molar-refractivity contribution is 7.89. The average molecular weight is 308 g/mol. The summed E-state index contributed by atoms with van der Waals surface area (Å²) in [6.45, 7) is 4.63. The number of rotatable bonds is 4. The second-order valence-corrected chi connectivity index (χ2v) is 8.44. The van der Waals surface area contributed by atoms with Gasteiger partial charge in [0.2, 0.25) is 10.0 Å². The highest BCUT2D eigenvalue weighted by Gasteiger charge is 2.29. The van der Waals surface area contributed by atoms with Gasteiger partial charge in [0, 0.05) is 6.54 Å². The number of hydrogen-bond donors (Lipinski definition) is 2. The molecule has 116 valence electrons. The van der Waals surface area contributed by atoms with Gasteiger partial charge in [-0.25, -0.2) is 13.1 Å². The van der Waals surface area contributed by atoms with Crippen molar-refractivity contribution in [3.63, 3.8) is 0 Å².